The minimum Gasteiger partial charge on any atom is -0.497 e. The zero-order valence-electron chi connectivity index (χ0n) is 22.2. The van der Waals surface area contributed by atoms with Gasteiger partial charge in [-0.15, -0.1) is 11.3 Å². The topological polar surface area (TPSA) is 95.1 Å². The number of nitrogens with one attached hydrogen (secondary N) is 1. The second-order valence-corrected chi connectivity index (χ2v) is 10.7. The third-order valence-electron chi connectivity index (χ3n) is 6.49. The minimum atomic E-state index is -0.353. The average Bonchev–Trinajstić information content (AvgIpc) is 3.37. The smallest absolute Gasteiger partial charge is 0.254 e. The van der Waals surface area contributed by atoms with Gasteiger partial charge >= 0.3 is 0 Å². The molecule has 1 N–H and O–H groups in total. The molecule has 0 bridgehead atoms. The van der Waals surface area contributed by atoms with Crippen molar-refractivity contribution in [3.8, 4) is 5.75 Å². The van der Waals surface area contributed by atoms with Gasteiger partial charge in [-0.2, -0.15) is 0 Å². The second-order valence-electron chi connectivity index (χ2n) is 9.44. The summed E-state index contributed by atoms with van der Waals surface area (Å²) in [6.07, 6.45) is 0.159. The minimum absolute atomic E-state index is 0.00643. The van der Waals surface area contributed by atoms with E-state index in [-0.39, 0.29) is 36.7 Å². The maximum Gasteiger partial charge on any atom is 0.254 e. The molecule has 1 aliphatic rings. The number of ether oxygens (including phenoxy) is 1. The van der Waals surface area contributed by atoms with Crippen molar-refractivity contribution in [1.29, 1.82) is 0 Å². The van der Waals surface area contributed by atoms with Crippen LogP contribution in [-0.2, 0) is 16.0 Å². The molecule has 206 valence electrons. The van der Waals surface area contributed by atoms with Crippen LogP contribution in [0.1, 0.15) is 29.9 Å². The molecule has 1 aliphatic heterocycles. The van der Waals surface area contributed by atoms with E-state index in [0.717, 1.165) is 5.69 Å². The quantitative estimate of drug-likeness (QED) is 0.415. The fourth-order valence-electron chi connectivity index (χ4n) is 4.32. The van der Waals surface area contributed by atoms with Crippen molar-refractivity contribution in [1.82, 2.24) is 14.8 Å². The van der Waals surface area contributed by atoms with E-state index in [4.69, 9.17) is 16.3 Å². The van der Waals surface area contributed by atoms with E-state index in [1.54, 1.807) is 36.8 Å². The number of amides is 3. The van der Waals surface area contributed by atoms with Gasteiger partial charge < -0.3 is 24.8 Å². The van der Waals surface area contributed by atoms with Gasteiger partial charge in [-0.05, 0) is 50.2 Å². The monoisotopic (exact) mass is 569 g/mol. The molecule has 0 saturated carbocycles. The maximum atomic E-state index is 13.0. The number of carbonyl (C=O) groups excluding carboxylic acids is 3. The molecule has 0 aliphatic carbocycles. The van der Waals surface area contributed by atoms with Gasteiger partial charge in [0.05, 0.1) is 29.9 Å². The summed E-state index contributed by atoms with van der Waals surface area (Å²) in [6.45, 7) is 6.21. The van der Waals surface area contributed by atoms with Crippen molar-refractivity contribution < 1.29 is 19.1 Å². The molecule has 0 spiro atoms. The van der Waals surface area contributed by atoms with Crippen molar-refractivity contribution in [3.63, 3.8) is 0 Å². The molecule has 9 nitrogen and oxygen atoms in total. The summed E-state index contributed by atoms with van der Waals surface area (Å²) in [5, 5.41) is 5.64. The number of thiazole rings is 1. The summed E-state index contributed by atoms with van der Waals surface area (Å²) in [5.41, 5.74) is 2.05. The number of hydrogen-bond donors (Lipinski definition) is 1. The normalized spacial score (nSPS) is 13.4. The van der Waals surface area contributed by atoms with Gasteiger partial charge in [0.25, 0.3) is 5.91 Å². The lowest BCUT2D eigenvalue weighted by Gasteiger charge is -2.36. The van der Waals surface area contributed by atoms with Crippen molar-refractivity contribution >= 4 is 51.5 Å². The predicted octanol–water partition coefficient (Wildman–Crippen LogP) is 4.19. The number of aromatic nitrogens is 1. The first-order valence-corrected chi connectivity index (χ1v) is 14.0. The standard InChI is InChI=1S/C28H32ClN5O4S/c1-19(2)34(27(37)20-8-10-22(38-3)11-9-20)17-25(35)31-28-30-21(18-39-28)16-26(36)33-14-12-32(13-15-33)24-7-5-4-6-23(24)29/h4-11,18-19H,12-17H2,1-3H3,(H,30,31,35). The summed E-state index contributed by atoms with van der Waals surface area (Å²) in [7, 11) is 1.56. The van der Waals surface area contributed by atoms with Crippen LogP contribution < -0.4 is 15.0 Å². The van der Waals surface area contributed by atoms with Crippen LogP contribution in [0.2, 0.25) is 5.02 Å². The number of methoxy groups -OCH3 is 1. The van der Waals surface area contributed by atoms with Gasteiger partial charge in [-0.1, -0.05) is 23.7 Å². The first kappa shape index (κ1) is 28.4. The van der Waals surface area contributed by atoms with E-state index in [1.807, 2.05) is 43.0 Å². The molecule has 1 aromatic heterocycles. The van der Waals surface area contributed by atoms with Crippen LogP contribution >= 0.6 is 22.9 Å². The molecule has 3 aromatic rings. The van der Waals surface area contributed by atoms with E-state index in [9.17, 15) is 14.4 Å². The van der Waals surface area contributed by atoms with Crippen LogP contribution in [0.5, 0.6) is 5.75 Å². The van der Waals surface area contributed by atoms with Gasteiger partial charge in [0, 0.05) is 43.2 Å². The average molecular weight is 570 g/mol. The number of anilines is 2. The zero-order chi connectivity index (χ0) is 27.9. The van der Waals surface area contributed by atoms with Gasteiger partial charge in [0.15, 0.2) is 5.13 Å². The largest absolute Gasteiger partial charge is 0.497 e. The van der Waals surface area contributed by atoms with Crippen LogP contribution in [0.15, 0.2) is 53.9 Å². The highest BCUT2D eigenvalue weighted by atomic mass is 35.5. The number of rotatable bonds is 9. The lowest BCUT2D eigenvalue weighted by molar-refractivity contribution is -0.130. The van der Waals surface area contributed by atoms with Gasteiger partial charge in [-0.3, -0.25) is 14.4 Å². The Kier molecular flexibility index (Phi) is 9.42. The SMILES string of the molecule is COc1ccc(C(=O)N(CC(=O)Nc2nc(CC(=O)N3CCN(c4ccccc4Cl)CC3)cs2)C(C)C)cc1. The first-order valence-electron chi connectivity index (χ1n) is 12.7. The van der Waals surface area contributed by atoms with Crippen molar-refractivity contribution in [2.45, 2.75) is 26.3 Å². The summed E-state index contributed by atoms with van der Waals surface area (Å²) >= 11 is 7.57. The Morgan fingerprint density at radius 2 is 1.77 bits per heavy atom. The lowest BCUT2D eigenvalue weighted by Crippen LogP contribution is -2.49. The summed E-state index contributed by atoms with van der Waals surface area (Å²) in [4.78, 5) is 48.6. The van der Waals surface area contributed by atoms with Crippen molar-refractivity contribution in [3.05, 3.63) is 70.2 Å². The van der Waals surface area contributed by atoms with Gasteiger partial charge in [0.2, 0.25) is 11.8 Å². The third kappa shape index (κ3) is 7.27. The Hall–Kier alpha value is -3.63. The van der Waals surface area contributed by atoms with E-state index < -0.39 is 0 Å². The Morgan fingerprint density at radius 1 is 1.08 bits per heavy atom. The van der Waals surface area contributed by atoms with E-state index in [2.05, 4.69) is 15.2 Å². The summed E-state index contributed by atoms with van der Waals surface area (Å²) < 4.78 is 5.15. The first-order chi connectivity index (χ1) is 18.7. The van der Waals surface area contributed by atoms with Crippen LogP contribution in [0.3, 0.4) is 0 Å². The zero-order valence-corrected chi connectivity index (χ0v) is 23.8. The molecule has 0 unspecified atom stereocenters. The number of benzene rings is 2. The molecule has 39 heavy (non-hydrogen) atoms. The van der Waals surface area contributed by atoms with Crippen LogP contribution in [-0.4, -0.2) is 78.4 Å². The molecule has 1 saturated heterocycles. The second kappa shape index (κ2) is 12.9. The molecular weight excluding hydrogens is 538 g/mol. The van der Waals surface area contributed by atoms with Crippen LogP contribution in [0, 0.1) is 0 Å². The molecule has 0 radical (unpaired) electrons. The molecule has 0 atom stereocenters. The molecule has 2 aromatic carbocycles. The molecular formula is C28H32ClN5O4S. The number of carbonyl (C=O) groups is 3. The fraction of sp³-hybridized carbons (Fsp3) is 0.357. The number of para-hydroxylation sites is 1. The Labute approximate surface area is 237 Å². The molecule has 11 heteroatoms. The molecule has 1 fully saturated rings. The Morgan fingerprint density at radius 3 is 2.41 bits per heavy atom. The Balaban J connectivity index is 1.28. The number of nitrogens with zero attached hydrogens (tertiary/aromatic N) is 4. The highest BCUT2D eigenvalue weighted by molar-refractivity contribution is 7.13. The lowest BCUT2D eigenvalue weighted by atomic mass is 10.1. The van der Waals surface area contributed by atoms with Gasteiger partial charge in [-0.25, -0.2) is 4.98 Å². The van der Waals surface area contributed by atoms with Crippen LogP contribution in [0.4, 0.5) is 10.8 Å². The number of hydrogen-bond acceptors (Lipinski definition) is 7. The summed E-state index contributed by atoms with van der Waals surface area (Å²) in [5.74, 6) is 0.0437. The molecule has 2 heterocycles. The van der Waals surface area contributed by atoms with Crippen molar-refractivity contribution in [2.75, 3.05) is 50.1 Å². The molecule has 3 amide bonds. The fourth-order valence-corrected chi connectivity index (χ4v) is 5.30. The number of halogens is 1. The van der Waals surface area contributed by atoms with Crippen LogP contribution in [0.25, 0.3) is 0 Å². The maximum absolute atomic E-state index is 13.0. The summed E-state index contributed by atoms with van der Waals surface area (Å²) in [6, 6.07) is 14.3. The van der Waals surface area contributed by atoms with E-state index in [1.165, 1.54) is 16.2 Å². The Bertz CT molecular complexity index is 1310. The van der Waals surface area contributed by atoms with E-state index >= 15 is 0 Å². The predicted molar refractivity (Wildman–Crippen MR) is 154 cm³/mol. The van der Waals surface area contributed by atoms with E-state index in [0.29, 0.717) is 53.3 Å². The molecule has 4 rings (SSSR count). The third-order valence-corrected chi connectivity index (χ3v) is 7.62. The highest BCUT2D eigenvalue weighted by Crippen LogP contribution is 2.26. The highest BCUT2D eigenvalue weighted by Gasteiger charge is 2.24. The number of piperazine rings is 1. The van der Waals surface area contributed by atoms with Gasteiger partial charge in [0.1, 0.15) is 12.3 Å². The van der Waals surface area contributed by atoms with Crippen molar-refractivity contribution in [2.24, 2.45) is 0 Å².